The molecule has 0 aromatic heterocycles. The first-order valence-corrected chi connectivity index (χ1v) is 9.73. The molecule has 2 N–H and O–H groups in total. The van der Waals surface area contributed by atoms with E-state index in [-0.39, 0.29) is 35.7 Å². The van der Waals surface area contributed by atoms with Crippen molar-refractivity contribution in [3.05, 3.63) is 30.3 Å². The molecule has 0 saturated carbocycles. The number of carbonyl (C=O) groups excluding carboxylic acids is 2. The van der Waals surface area contributed by atoms with Crippen molar-refractivity contribution in [1.82, 2.24) is 15.6 Å². The van der Waals surface area contributed by atoms with Crippen LogP contribution in [0.25, 0.3) is 0 Å². The minimum Gasteiger partial charge on any atom is -0.353 e. The van der Waals surface area contributed by atoms with Gasteiger partial charge in [0, 0.05) is 19.1 Å². The molecule has 0 bridgehead atoms. The third-order valence-corrected chi connectivity index (χ3v) is 5.48. The number of benzene rings is 1. The van der Waals surface area contributed by atoms with Gasteiger partial charge in [0.15, 0.2) is 0 Å². The SMILES string of the molecule is CCCN1CC(C(=O)NC(C)CC)C2NN(c3ccccc3)C(=O)C2C1. The van der Waals surface area contributed by atoms with Crippen LogP contribution in [0.15, 0.2) is 30.3 Å². The number of likely N-dealkylation sites (tertiary alicyclic amines) is 1. The second-order valence-corrected chi connectivity index (χ2v) is 7.45. The first kappa shape index (κ1) is 18.9. The van der Waals surface area contributed by atoms with Gasteiger partial charge in [-0.15, -0.1) is 0 Å². The highest BCUT2D eigenvalue weighted by Crippen LogP contribution is 2.32. The molecule has 0 spiro atoms. The van der Waals surface area contributed by atoms with Gasteiger partial charge in [-0.25, -0.2) is 10.4 Å². The number of fused-ring (bicyclic) bond motifs is 1. The summed E-state index contributed by atoms with van der Waals surface area (Å²) >= 11 is 0. The molecule has 6 heteroatoms. The molecule has 2 fully saturated rings. The van der Waals surface area contributed by atoms with Crippen LogP contribution >= 0.6 is 0 Å². The molecule has 2 heterocycles. The number of amides is 2. The number of carbonyl (C=O) groups is 2. The van der Waals surface area contributed by atoms with Gasteiger partial charge in [-0.05, 0) is 38.4 Å². The maximum absolute atomic E-state index is 13.0. The summed E-state index contributed by atoms with van der Waals surface area (Å²) in [5, 5.41) is 4.74. The lowest BCUT2D eigenvalue weighted by atomic mass is 9.83. The molecule has 142 valence electrons. The summed E-state index contributed by atoms with van der Waals surface area (Å²) < 4.78 is 0. The Kier molecular flexibility index (Phi) is 5.94. The molecular weight excluding hydrogens is 328 g/mol. The molecule has 1 aromatic rings. The number of hydrogen-bond donors (Lipinski definition) is 2. The van der Waals surface area contributed by atoms with Crippen LogP contribution in [-0.4, -0.2) is 48.4 Å². The maximum atomic E-state index is 13.0. The molecule has 2 aliphatic heterocycles. The third-order valence-electron chi connectivity index (χ3n) is 5.48. The van der Waals surface area contributed by atoms with E-state index in [1.807, 2.05) is 37.3 Å². The van der Waals surface area contributed by atoms with Crippen molar-refractivity contribution in [2.45, 2.75) is 45.7 Å². The summed E-state index contributed by atoms with van der Waals surface area (Å²) in [5.41, 5.74) is 4.17. The molecule has 2 aliphatic rings. The van der Waals surface area contributed by atoms with Gasteiger partial charge in [0.05, 0.1) is 23.6 Å². The van der Waals surface area contributed by atoms with Crippen LogP contribution in [0.2, 0.25) is 0 Å². The van der Waals surface area contributed by atoms with Gasteiger partial charge >= 0.3 is 0 Å². The fourth-order valence-electron chi connectivity index (χ4n) is 3.90. The highest BCUT2D eigenvalue weighted by molar-refractivity contribution is 5.98. The predicted molar refractivity (Wildman–Crippen MR) is 102 cm³/mol. The number of para-hydroxylation sites is 1. The van der Waals surface area contributed by atoms with E-state index in [1.54, 1.807) is 5.01 Å². The van der Waals surface area contributed by atoms with E-state index in [1.165, 1.54) is 0 Å². The zero-order valence-electron chi connectivity index (χ0n) is 15.9. The van der Waals surface area contributed by atoms with E-state index in [0.29, 0.717) is 13.1 Å². The molecular formula is C20H30N4O2. The fourth-order valence-corrected chi connectivity index (χ4v) is 3.90. The minimum absolute atomic E-state index is 0.0466. The fraction of sp³-hybridized carbons (Fsp3) is 0.600. The Bertz CT molecular complexity index is 636. The average Bonchev–Trinajstić information content (AvgIpc) is 2.99. The second-order valence-electron chi connectivity index (χ2n) is 7.45. The Balaban J connectivity index is 1.83. The quantitative estimate of drug-likeness (QED) is 0.814. The summed E-state index contributed by atoms with van der Waals surface area (Å²) in [7, 11) is 0. The summed E-state index contributed by atoms with van der Waals surface area (Å²) in [6, 6.07) is 9.60. The minimum atomic E-state index is -0.230. The summed E-state index contributed by atoms with van der Waals surface area (Å²) in [4.78, 5) is 28.2. The van der Waals surface area contributed by atoms with Crippen molar-refractivity contribution in [2.75, 3.05) is 24.6 Å². The topological polar surface area (TPSA) is 64.7 Å². The maximum Gasteiger partial charge on any atom is 0.247 e. The largest absolute Gasteiger partial charge is 0.353 e. The van der Waals surface area contributed by atoms with Gasteiger partial charge < -0.3 is 10.2 Å². The van der Waals surface area contributed by atoms with Gasteiger partial charge in [-0.3, -0.25) is 9.59 Å². The summed E-state index contributed by atoms with van der Waals surface area (Å²) in [5.74, 6) is -0.316. The Morgan fingerprint density at radius 3 is 2.65 bits per heavy atom. The monoisotopic (exact) mass is 358 g/mol. The molecule has 2 amide bonds. The molecule has 0 radical (unpaired) electrons. The lowest BCUT2D eigenvalue weighted by Gasteiger charge is -2.38. The molecule has 4 atom stereocenters. The average molecular weight is 358 g/mol. The Morgan fingerprint density at radius 2 is 2.00 bits per heavy atom. The van der Waals surface area contributed by atoms with Crippen LogP contribution in [-0.2, 0) is 9.59 Å². The van der Waals surface area contributed by atoms with E-state index >= 15 is 0 Å². The van der Waals surface area contributed by atoms with Gasteiger partial charge in [-0.1, -0.05) is 32.0 Å². The normalized spacial score (nSPS) is 27.3. The Hall–Kier alpha value is -1.92. The summed E-state index contributed by atoms with van der Waals surface area (Å²) in [6.07, 6.45) is 1.91. The Labute approximate surface area is 155 Å². The number of rotatable bonds is 6. The van der Waals surface area contributed by atoms with Crippen LogP contribution in [0.5, 0.6) is 0 Å². The predicted octanol–water partition coefficient (Wildman–Crippen LogP) is 1.78. The van der Waals surface area contributed by atoms with Crippen molar-refractivity contribution in [2.24, 2.45) is 11.8 Å². The van der Waals surface area contributed by atoms with E-state index < -0.39 is 0 Å². The van der Waals surface area contributed by atoms with Crippen molar-refractivity contribution < 1.29 is 9.59 Å². The van der Waals surface area contributed by atoms with Gasteiger partial charge in [0.25, 0.3) is 0 Å². The van der Waals surface area contributed by atoms with Crippen LogP contribution in [0, 0.1) is 11.8 Å². The van der Waals surface area contributed by atoms with Crippen molar-refractivity contribution in [3.8, 4) is 0 Å². The molecule has 26 heavy (non-hydrogen) atoms. The highest BCUT2D eigenvalue weighted by atomic mass is 16.2. The van der Waals surface area contributed by atoms with Crippen LogP contribution < -0.4 is 15.8 Å². The van der Waals surface area contributed by atoms with Crippen LogP contribution in [0.1, 0.15) is 33.6 Å². The van der Waals surface area contributed by atoms with E-state index in [4.69, 9.17) is 0 Å². The smallest absolute Gasteiger partial charge is 0.247 e. The zero-order valence-corrected chi connectivity index (χ0v) is 15.9. The first-order chi connectivity index (χ1) is 12.5. The molecule has 0 aliphatic carbocycles. The van der Waals surface area contributed by atoms with Crippen molar-refractivity contribution >= 4 is 17.5 Å². The zero-order chi connectivity index (χ0) is 18.7. The lowest BCUT2D eigenvalue weighted by molar-refractivity contribution is -0.130. The highest BCUT2D eigenvalue weighted by Gasteiger charge is 2.50. The molecule has 3 rings (SSSR count). The van der Waals surface area contributed by atoms with E-state index in [9.17, 15) is 9.59 Å². The summed E-state index contributed by atoms with van der Waals surface area (Å²) in [6.45, 7) is 8.53. The van der Waals surface area contributed by atoms with E-state index in [2.05, 4.69) is 29.5 Å². The van der Waals surface area contributed by atoms with Crippen LogP contribution in [0.4, 0.5) is 5.69 Å². The number of nitrogens with zero attached hydrogens (tertiary/aromatic N) is 2. The van der Waals surface area contributed by atoms with Gasteiger partial charge in [-0.2, -0.15) is 0 Å². The van der Waals surface area contributed by atoms with E-state index in [0.717, 1.165) is 25.1 Å². The number of nitrogens with one attached hydrogen (secondary N) is 2. The molecule has 1 aromatic carbocycles. The molecule has 4 unspecified atom stereocenters. The standard InChI is InChI=1S/C20H30N4O2/c1-4-11-23-12-16(19(25)21-14(3)5-2)18-17(13-23)20(26)24(22-18)15-9-7-6-8-10-15/h6-10,14,16-18,22H,4-5,11-13H2,1-3H3,(H,21,25). The second kappa shape index (κ2) is 8.18. The molecule has 6 nitrogen and oxygen atoms in total. The van der Waals surface area contributed by atoms with Gasteiger partial charge in [0.1, 0.15) is 0 Å². The molecule has 2 saturated heterocycles. The number of anilines is 1. The van der Waals surface area contributed by atoms with Crippen molar-refractivity contribution in [1.29, 1.82) is 0 Å². The third kappa shape index (κ3) is 3.76. The number of hydrogen-bond acceptors (Lipinski definition) is 4. The first-order valence-electron chi connectivity index (χ1n) is 9.73. The van der Waals surface area contributed by atoms with Crippen LogP contribution in [0.3, 0.4) is 0 Å². The van der Waals surface area contributed by atoms with Gasteiger partial charge in [0.2, 0.25) is 11.8 Å². The number of hydrazine groups is 1. The Morgan fingerprint density at radius 1 is 1.27 bits per heavy atom. The number of piperidine rings is 1. The lowest BCUT2D eigenvalue weighted by Crippen LogP contribution is -2.57. The van der Waals surface area contributed by atoms with Crippen molar-refractivity contribution in [3.63, 3.8) is 0 Å².